The number of carbonyl (C=O) groups is 1. The summed E-state index contributed by atoms with van der Waals surface area (Å²) in [6, 6.07) is 13.5. The Morgan fingerprint density at radius 2 is 1.88 bits per heavy atom. The molecule has 0 aliphatic heterocycles. The van der Waals surface area contributed by atoms with Crippen molar-refractivity contribution in [2.75, 3.05) is 5.32 Å². The van der Waals surface area contributed by atoms with E-state index >= 15 is 0 Å². The van der Waals surface area contributed by atoms with E-state index in [0.717, 1.165) is 15.3 Å². The summed E-state index contributed by atoms with van der Waals surface area (Å²) in [6.07, 6.45) is 0. The molecular weight excluding hydrogens is 366 g/mol. The summed E-state index contributed by atoms with van der Waals surface area (Å²) in [5.41, 5.74) is 2.73. The first-order valence-corrected chi connectivity index (χ1v) is 9.66. The van der Waals surface area contributed by atoms with Gasteiger partial charge in [-0.25, -0.2) is 0 Å². The molecule has 0 spiro atoms. The number of carbonyl (C=O) groups excluding carboxylic acids is 1. The Balaban J connectivity index is 1.59. The van der Waals surface area contributed by atoms with Crippen LogP contribution in [0.15, 0.2) is 52.4 Å². The van der Waals surface area contributed by atoms with Gasteiger partial charge in [0, 0.05) is 10.4 Å². The Hall–Kier alpha value is -2.77. The minimum atomic E-state index is -0.138. The highest BCUT2D eigenvalue weighted by Crippen LogP contribution is 2.34. The zero-order chi connectivity index (χ0) is 18.1. The Labute approximate surface area is 158 Å². The monoisotopic (exact) mass is 381 g/mol. The quantitative estimate of drug-likeness (QED) is 0.514. The van der Waals surface area contributed by atoms with E-state index in [2.05, 4.69) is 15.5 Å². The number of nitrogens with one attached hydrogen (secondary N) is 1. The molecular formula is C19H15N3O2S2. The summed E-state index contributed by atoms with van der Waals surface area (Å²) in [7, 11) is 0. The first-order valence-electron chi connectivity index (χ1n) is 7.96. The van der Waals surface area contributed by atoms with Gasteiger partial charge in [0.1, 0.15) is 4.88 Å². The van der Waals surface area contributed by atoms with E-state index in [4.69, 9.17) is 4.52 Å². The number of thiophene rings is 2. The van der Waals surface area contributed by atoms with E-state index in [1.165, 1.54) is 28.2 Å². The van der Waals surface area contributed by atoms with E-state index in [9.17, 15) is 4.79 Å². The molecule has 0 fully saturated rings. The third-order valence-electron chi connectivity index (χ3n) is 3.81. The highest BCUT2D eigenvalue weighted by Gasteiger charge is 2.18. The Kier molecular flexibility index (Phi) is 4.40. The molecule has 3 aromatic heterocycles. The van der Waals surface area contributed by atoms with E-state index in [1.54, 1.807) is 0 Å². The zero-order valence-electron chi connectivity index (χ0n) is 14.1. The van der Waals surface area contributed by atoms with E-state index in [1.807, 2.05) is 61.7 Å². The summed E-state index contributed by atoms with van der Waals surface area (Å²) >= 11 is 2.91. The summed E-state index contributed by atoms with van der Waals surface area (Å²) < 4.78 is 5.43. The number of benzene rings is 1. The molecule has 0 aliphatic rings. The molecule has 0 atom stereocenters. The van der Waals surface area contributed by atoms with Crippen molar-refractivity contribution in [2.24, 2.45) is 0 Å². The lowest BCUT2D eigenvalue weighted by Gasteiger charge is -2.02. The van der Waals surface area contributed by atoms with Crippen LogP contribution in [0.1, 0.15) is 20.1 Å². The minimum absolute atomic E-state index is 0.138. The molecule has 0 unspecified atom stereocenters. The predicted molar refractivity (Wildman–Crippen MR) is 105 cm³/mol. The van der Waals surface area contributed by atoms with Gasteiger partial charge in [0.05, 0.1) is 10.6 Å². The summed E-state index contributed by atoms with van der Waals surface area (Å²) in [6.45, 7) is 4.00. The number of anilines is 1. The fourth-order valence-corrected chi connectivity index (χ4v) is 3.98. The van der Waals surface area contributed by atoms with Crippen molar-refractivity contribution >= 4 is 34.3 Å². The highest BCUT2D eigenvalue weighted by atomic mass is 32.1. The van der Waals surface area contributed by atoms with E-state index in [0.29, 0.717) is 22.3 Å². The molecule has 1 aromatic carbocycles. The van der Waals surface area contributed by atoms with Crippen LogP contribution in [0.5, 0.6) is 0 Å². The number of hydrogen-bond donors (Lipinski definition) is 1. The summed E-state index contributed by atoms with van der Waals surface area (Å²) in [4.78, 5) is 19.4. The smallest absolute Gasteiger partial charge is 0.270 e. The van der Waals surface area contributed by atoms with Gasteiger partial charge in [0.25, 0.3) is 11.8 Å². The molecule has 4 aromatic rings. The van der Waals surface area contributed by atoms with Crippen LogP contribution < -0.4 is 5.32 Å². The predicted octanol–water partition coefficient (Wildman–Crippen LogP) is 5.40. The number of nitrogens with zero attached hydrogens (tertiary/aromatic N) is 2. The molecule has 130 valence electrons. The van der Waals surface area contributed by atoms with Gasteiger partial charge in [-0.2, -0.15) is 4.98 Å². The Morgan fingerprint density at radius 1 is 1.08 bits per heavy atom. The van der Waals surface area contributed by atoms with Crippen LogP contribution in [0.4, 0.5) is 5.69 Å². The topological polar surface area (TPSA) is 68.0 Å². The molecule has 4 rings (SSSR count). The molecule has 0 aliphatic carbocycles. The number of amides is 1. The normalized spacial score (nSPS) is 10.8. The van der Waals surface area contributed by atoms with Crippen molar-refractivity contribution in [1.82, 2.24) is 10.1 Å². The van der Waals surface area contributed by atoms with Gasteiger partial charge >= 0.3 is 0 Å². The SMILES string of the molecule is Cc1ccc(-c2noc(-c3sccc3NC(=O)c3ccc(C)s3)n2)cc1. The van der Waals surface area contributed by atoms with Gasteiger partial charge in [-0.3, -0.25) is 4.79 Å². The molecule has 3 heterocycles. The molecule has 7 heteroatoms. The molecule has 0 radical (unpaired) electrons. The fraction of sp³-hybridized carbons (Fsp3) is 0.105. The highest BCUT2D eigenvalue weighted by molar-refractivity contribution is 7.14. The fourth-order valence-electron chi connectivity index (χ4n) is 2.45. The van der Waals surface area contributed by atoms with Crippen LogP contribution in [0.3, 0.4) is 0 Å². The second kappa shape index (κ2) is 6.86. The Morgan fingerprint density at radius 3 is 2.62 bits per heavy atom. The first-order chi connectivity index (χ1) is 12.6. The Bertz CT molecular complexity index is 1060. The molecule has 0 saturated carbocycles. The third-order valence-corrected chi connectivity index (χ3v) is 5.71. The molecule has 1 N–H and O–H groups in total. The van der Waals surface area contributed by atoms with Crippen LogP contribution in [-0.2, 0) is 0 Å². The van der Waals surface area contributed by atoms with Gasteiger partial charge in [-0.15, -0.1) is 22.7 Å². The molecule has 5 nitrogen and oxygen atoms in total. The average Bonchev–Trinajstić information content (AvgIpc) is 3.35. The van der Waals surface area contributed by atoms with Crippen molar-refractivity contribution in [3.05, 3.63) is 63.2 Å². The van der Waals surface area contributed by atoms with Crippen LogP contribution in [0.2, 0.25) is 0 Å². The maximum absolute atomic E-state index is 12.4. The van der Waals surface area contributed by atoms with Crippen molar-refractivity contribution in [3.63, 3.8) is 0 Å². The number of rotatable bonds is 4. The van der Waals surface area contributed by atoms with Crippen molar-refractivity contribution in [1.29, 1.82) is 0 Å². The second-order valence-corrected chi connectivity index (χ2v) is 8.02. The summed E-state index contributed by atoms with van der Waals surface area (Å²) in [5.74, 6) is 0.786. The van der Waals surface area contributed by atoms with Gasteiger partial charge in [-0.1, -0.05) is 35.0 Å². The number of hydrogen-bond acceptors (Lipinski definition) is 6. The molecule has 1 amide bonds. The molecule has 26 heavy (non-hydrogen) atoms. The standard InChI is InChI=1S/C19H15N3O2S2/c1-11-3-6-13(7-4-11)17-21-19(24-22-17)16-14(9-10-25-16)20-18(23)15-8-5-12(2)26-15/h3-10H,1-2H3,(H,20,23). The third kappa shape index (κ3) is 3.31. The average molecular weight is 381 g/mol. The summed E-state index contributed by atoms with van der Waals surface area (Å²) in [5, 5.41) is 8.88. The second-order valence-electron chi connectivity index (χ2n) is 5.82. The van der Waals surface area contributed by atoms with Crippen molar-refractivity contribution < 1.29 is 9.32 Å². The van der Waals surface area contributed by atoms with Crippen molar-refractivity contribution in [3.8, 4) is 22.2 Å². The lowest BCUT2D eigenvalue weighted by molar-refractivity contribution is 0.103. The van der Waals surface area contributed by atoms with Gasteiger partial charge in [0.15, 0.2) is 0 Å². The van der Waals surface area contributed by atoms with Crippen LogP contribution in [0, 0.1) is 13.8 Å². The largest absolute Gasteiger partial charge is 0.333 e. The lowest BCUT2D eigenvalue weighted by atomic mass is 10.1. The number of aryl methyl sites for hydroxylation is 2. The molecule has 0 saturated heterocycles. The maximum atomic E-state index is 12.4. The van der Waals surface area contributed by atoms with E-state index < -0.39 is 0 Å². The minimum Gasteiger partial charge on any atom is -0.333 e. The van der Waals surface area contributed by atoms with Gasteiger partial charge in [0.2, 0.25) is 5.82 Å². The van der Waals surface area contributed by atoms with Crippen molar-refractivity contribution in [2.45, 2.75) is 13.8 Å². The first kappa shape index (κ1) is 16.7. The van der Waals surface area contributed by atoms with E-state index in [-0.39, 0.29) is 5.91 Å². The molecule has 0 bridgehead atoms. The van der Waals surface area contributed by atoms with Crippen LogP contribution in [-0.4, -0.2) is 16.0 Å². The van der Waals surface area contributed by atoms with Crippen LogP contribution in [0.25, 0.3) is 22.2 Å². The van der Waals surface area contributed by atoms with Gasteiger partial charge in [-0.05, 0) is 37.4 Å². The van der Waals surface area contributed by atoms with Gasteiger partial charge < -0.3 is 9.84 Å². The lowest BCUT2D eigenvalue weighted by Crippen LogP contribution is -2.09. The maximum Gasteiger partial charge on any atom is 0.270 e. The van der Waals surface area contributed by atoms with Crippen LogP contribution >= 0.6 is 22.7 Å². The number of aromatic nitrogens is 2. The zero-order valence-corrected chi connectivity index (χ0v) is 15.8.